The van der Waals surface area contributed by atoms with Gasteiger partial charge in [0, 0.05) is 28.5 Å². The first-order valence-corrected chi connectivity index (χ1v) is 31.2. The Morgan fingerprint density at radius 2 is 1.56 bits per heavy atom. The molecule has 6 aliphatic rings. The average molecular weight is 1270 g/mol. The number of benzene rings is 1. The maximum atomic E-state index is 13.9. The van der Waals surface area contributed by atoms with Crippen molar-refractivity contribution in [2.45, 2.75) is 244 Å². The van der Waals surface area contributed by atoms with Gasteiger partial charge in [0.15, 0.2) is 18.7 Å². The number of carbonyl (C=O) groups excluding carboxylic acids is 3. The molecule has 7 rings (SSSR count). The number of aliphatic hydroxyl groups excluding tert-OH is 10. The second kappa shape index (κ2) is 28.1. The zero-order valence-corrected chi connectivity index (χ0v) is 51.4. The summed E-state index contributed by atoms with van der Waals surface area (Å²) in [6.07, 6.45) is -9.90. The van der Waals surface area contributed by atoms with Gasteiger partial charge in [0.05, 0.1) is 37.6 Å². The Morgan fingerprint density at radius 1 is 0.854 bits per heavy atom. The van der Waals surface area contributed by atoms with Gasteiger partial charge in [-0.25, -0.2) is 0 Å². The molecule has 3 saturated carbocycles. The highest BCUT2D eigenvalue weighted by atomic mass is 127. The fourth-order valence-electron chi connectivity index (χ4n) is 15.5. The van der Waals surface area contributed by atoms with Crippen LogP contribution in [0.15, 0.2) is 35.9 Å². The molecule has 0 aromatic heterocycles. The van der Waals surface area contributed by atoms with Gasteiger partial charge >= 0.3 is 5.97 Å². The zero-order chi connectivity index (χ0) is 60.2. The molecule has 4 aliphatic carbocycles. The molecule has 2 heterocycles. The normalized spacial score (nSPS) is 38.2. The van der Waals surface area contributed by atoms with Gasteiger partial charge in [0.1, 0.15) is 42.7 Å². The molecular formula is C61H97IN2O18. The summed E-state index contributed by atoms with van der Waals surface area (Å²) in [5.74, 6) is -0.862. The maximum absolute atomic E-state index is 13.9. The molecule has 2 aliphatic heterocycles. The number of amides is 2. The Kier molecular flexibility index (Phi) is 23.0. The molecule has 1 aromatic carbocycles. The number of unbranched alkanes of at least 4 members (excludes halogenated alkanes) is 2. The first-order chi connectivity index (χ1) is 38.5. The van der Waals surface area contributed by atoms with Crippen molar-refractivity contribution in [3.8, 4) is 0 Å². The Bertz CT molecular complexity index is 2310. The average Bonchev–Trinajstić information content (AvgIpc) is 1.01. The lowest BCUT2D eigenvalue weighted by Gasteiger charge is -2.68. The summed E-state index contributed by atoms with van der Waals surface area (Å²) in [5.41, 5.74) is 1.55. The standard InChI is InChI=1S/C61H97IN2O18/c1-32(2)52(82-56-51(75)47(71)41(68)31-78-56)49(73)50(74)55(77)81-53-48(72)46(64-44(69)13-10-9-11-26-63-54(76)34-15-17-36(62)18-16-34)42(30-65)79-57(53)80-45(70)14-12-23-58(4,5)28-35-27-37(66)29-61(8)39(35)19-20-43-59(6)24-22-40(67)33(3)38(59)21-25-60(43,61)7/h15-19,32-33,35,37-38,40-43,46-53,55-57,65-68,71-75,77H,9-14,20-31H2,1-8H3,(H,63,76)(H,64,69)/t33?,35?,37?,38?,40?,41?,42?,43?,46?,47?,48?,49?,50?,51?,52?,53?,55?,56-,57?,59?,60?,61?/m1/s1. The minimum Gasteiger partial charge on any atom is -0.433 e. The minimum absolute atomic E-state index is 0.0178. The van der Waals surface area contributed by atoms with Gasteiger partial charge in [-0.1, -0.05) is 73.5 Å². The molecule has 0 radical (unpaired) electrons. The van der Waals surface area contributed by atoms with E-state index in [1.807, 2.05) is 12.1 Å². The van der Waals surface area contributed by atoms with Crippen molar-refractivity contribution < 1.29 is 89.1 Å². The van der Waals surface area contributed by atoms with Crippen molar-refractivity contribution in [2.24, 2.45) is 51.2 Å². The van der Waals surface area contributed by atoms with Crippen molar-refractivity contribution in [1.82, 2.24) is 10.6 Å². The van der Waals surface area contributed by atoms with Crippen LogP contribution in [0.5, 0.6) is 0 Å². The van der Waals surface area contributed by atoms with Gasteiger partial charge < -0.3 is 85.4 Å². The second-order valence-corrected chi connectivity index (χ2v) is 28.0. The molecule has 21 unspecified atom stereocenters. The Balaban J connectivity index is 0.992. The van der Waals surface area contributed by atoms with Gasteiger partial charge in [-0.15, -0.1) is 0 Å². The number of nitrogens with one attached hydrogen (secondary N) is 2. The van der Waals surface area contributed by atoms with Gasteiger partial charge in [-0.2, -0.15) is 0 Å². The van der Waals surface area contributed by atoms with Crippen LogP contribution in [0, 0.1) is 54.8 Å². The summed E-state index contributed by atoms with van der Waals surface area (Å²) in [7, 11) is 0. The van der Waals surface area contributed by atoms with Crippen molar-refractivity contribution in [3.63, 3.8) is 0 Å². The number of ether oxygens (including phenoxy) is 5. The van der Waals surface area contributed by atoms with Crippen LogP contribution in [0.3, 0.4) is 0 Å². The lowest BCUT2D eigenvalue weighted by Crippen LogP contribution is -2.66. The monoisotopic (exact) mass is 1270 g/mol. The number of aliphatic hydroxyl groups is 10. The summed E-state index contributed by atoms with van der Waals surface area (Å²) >= 11 is 2.16. The van der Waals surface area contributed by atoms with Crippen LogP contribution >= 0.6 is 22.6 Å². The molecule has 466 valence electrons. The fourth-order valence-corrected chi connectivity index (χ4v) is 15.9. The van der Waals surface area contributed by atoms with Gasteiger partial charge in [-0.05, 0) is 175 Å². The molecule has 82 heavy (non-hydrogen) atoms. The number of hydrogen-bond donors (Lipinski definition) is 12. The van der Waals surface area contributed by atoms with Gasteiger partial charge in [0.2, 0.25) is 12.2 Å². The van der Waals surface area contributed by atoms with E-state index in [1.165, 1.54) is 5.57 Å². The highest BCUT2D eigenvalue weighted by Gasteiger charge is 2.65. The zero-order valence-electron chi connectivity index (χ0n) is 49.3. The minimum atomic E-state index is -2.35. The van der Waals surface area contributed by atoms with E-state index < -0.39 is 117 Å². The molecule has 2 saturated heterocycles. The summed E-state index contributed by atoms with van der Waals surface area (Å²) in [4.78, 5) is 39.8. The Hall–Kier alpha value is -2.46. The summed E-state index contributed by atoms with van der Waals surface area (Å²) < 4.78 is 29.8. The molecule has 0 bridgehead atoms. The van der Waals surface area contributed by atoms with Crippen LogP contribution in [-0.2, 0) is 33.3 Å². The van der Waals surface area contributed by atoms with Crippen molar-refractivity contribution in [1.29, 1.82) is 0 Å². The van der Waals surface area contributed by atoms with E-state index in [2.05, 4.69) is 80.8 Å². The maximum Gasteiger partial charge on any atom is 0.308 e. The number of esters is 1. The SMILES string of the molecule is CC(C)C(O[C@H]1OCC(O)C(O)C1O)C(O)C(O)C(O)OC1C(OC(=O)CCCC(C)(C)CC2CC(O)CC3(C)C2=CCC2C4(C)CCC(O)C(C)C4CCC23C)OC(CO)C(NC(=O)CCCCCNC(=O)c2ccc(I)cc2)C1O. The third kappa shape index (κ3) is 14.9. The number of fused-ring (bicyclic) bond motifs is 5. The highest BCUT2D eigenvalue weighted by molar-refractivity contribution is 14.1. The van der Waals surface area contributed by atoms with Crippen molar-refractivity contribution >= 4 is 40.4 Å². The Morgan fingerprint density at radius 3 is 2.24 bits per heavy atom. The van der Waals surface area contributed by atoms with Crippen molar-refractivity contribution in [2.75, 3.05) is 19.8 Å². The van der Waals surface area contributed by atoms with Crippen LogP contribution in [0.25, 0.3) is 0 Å². The predicted molar refractivity (Wildman–Crippen MR) is 309 cm³/mol. The molecule has 22 atom stereocenters. The Labute approximate surface area is 497 Å². The largest absolute Gasteiger partial charge is 0.433 e. The lowest BCUT2D eigenvalue weighted by atomic mass is 9.36. The van der Waals surface area contributed by atoms with Crippen LogP contribution in [-0.4, -0.2) is 181 Å². The van der Waals surface area contributed by atoms with E-state index in [0.29, 0.717) is 68.9 Å². The molecule has 12 N–H and O–H groups in total. The smallest absolute Gasteiger partial charge is 0.308 e. The van der Waals surface area contributed by atoms with E-state index in [1.54, 1.807) is 26.0 Å². The summed E-state index contributed by atoms with van der Waals surface area (Å²) in [5, 5.41) is 116. The summed E-state index contributed by atoms with van der Waals surface area (Å²) in [6, 6.07) is 5.75. The molecule has 0 spiro atoms. The van der Waals surface area contributed by atoms with E-state index >= 15 is 0 Å². The van der Waals surface area contributed by atoms with Crippen LogP contribution in [0.2, 0.25) is 0 Å². The topological polar surface area (TPSA) is 324 Å². The van der Waals surface area contributed by atoms with E-state index in [9.17, 15) is 65.4 Å². The van der Waals surface area contributed by atoms with E-state index in [4.69, 9.17) is 23.7 Å². The molecule has 1 aromatic rings. The first-order valence-electron chi connectivity index (χ1n) is 30.1. The number of allylic oxidation sites excluding steroid dienone is 2. The predicted octanol–water partition coefficient (Wildman–Crippen LogP) is 4.12. The molecular weight excluding hydrogens is 1180 g/mol. The van der Waals surface area contributed by atoms with Crippen LogP contribution < -0.4 is 10.6 Å². The third-order valence-electron chi connectivity index (χ3n) is 20.3. The van der Waals surface area contributed by atoms with E-state index in [0.717, 1.165) is 42.1 Å². The second-order valence-electron chi connectivity index (χ2n) is 26.8. The summed E-state index contributed by atoms with van der Waals surface area (Å²) in [6.45, 7) is 16.3. The van der Waals surface area contributed by atoms with Crippen molar-refractivity contribution in [3.05, 3.63) is 45.0 Å². The number of hydrogen-bond acceptors (Lipinski definition) is 18. The number of rotatable bonds is 24. The van der Waals surface area contributed by atoms with Gasteiger partial charge in [0.25, 0.3) is 5.91 Å². The number of carbonyl (C=O) groups is 3. The molecule has 2 amide bonds. The number of halogens is 1. The highest BCUT2D eigenvalue weighted by Crippen LogP contribution is 2.72. The quantitative estimate of drug-likeness (QED) is 0.0228. The van der Waals surface area contributed by atoms with Gasteiger partial charge in [-0.3, -0.25) is 14.4 Å². The molecule has 20 nitrogen and oxygen atoms in total. The molecule has 21 heteroatoms. The van der Waals surface area contributed by atoms with Crippen LogP contribution in [0.1, 0.15) is 162 Å². The lowest BCUT2D eigenvalue weighted by molar-refractivity contribution is -0.327. The van der Waals surface area contributed by atoms with Crippen LogP contribution in [0.4, 0.5) is 0 Å². The third-order valence-corrected chi connectivity index (χ3v) is 21.1. The first kappa shape index (κ1) is 67.1. The van der Waals surface area contributed by atoms with E-state index in [-0.39, 0.29) is 58.3 Å². The fraction of sp³-hybridized carbons (Fsp3) is 0.820. The molecule has 5 fully saturated rings.